The number of hydrogen-bond donors (Lipinski definition) is 1. The maximum Gasteiger partial charge on any atom is 0.194 e. The van der Waals surface area contributed by atoms with E-state index in [-0.39, 0.29) is 29.8 Å². The Kier molecular flexibility index (Phi) is 8.29. The van der Waals surface area contributed by atoms with Gasteiger partial charge < -0.3 is 19.7 Å². The Labute approximate surface area is 194 Å². The van der Waals surface area contributed by atoms with Crippen LogP contribution < -0.4 is 10.2 Å². The van der Waals surface area contributed by atoms with Crippen molar-refractivity contribution < 1.29 is 4.39 Å². The number of fused-ring (bicyclic) bond motifs is 1. The Morgan fingerprint density at radius 1 is 1.07 bits per heavy atom. The van der Waals surface area contributed by atoms with E-state index in [9.17, 15) is 4.39 Å². The lowest BCUT2D eigenvalue weighted by atomic mass is 10.2. The number of aromatic nitrogens is 3. The van der Waals surface area contributed by atoms with Crippen LogP contribution in [0.5, 0.6) is 0 Å². The Morgan fingerprint density at radius 3 is 2.63 bits per heavy atom. The average molecular weight is 527 g/mol. The van der Waals surface area contributed by atoms with Gasteiger partial charge in [-0.3, -0.25) is 0 Å². The molecule has 0 unspecified atom stereocenters. The van der Waals surface area contributed by atoms with Crippen molar-refractivity contribution in [2.75, 3.05) is 37.6 Å². The van der Waals surface area contributed by atoms with E-state index in [1.54, 1.807) is 6.07 Å². The minimum atomic E-state index is -0.158. The van der Waals surface area contributed by atoms with Gasteiger partial charge >= 0.3 is 0 Å². The number of aliphatic imine (C=N–C) groups is 1. The van der Waals surface area contributed by atoms with Crippen LogP contribution in [-0.2, 0) is 19.5 Å². The fourth-order valence-electron chi connectivity index (χ4n) is 4.10. The molecule has 1 N–H and O–H groups in total. The number of nitrogens with zero attached hydrogens (tertiary/aromatic N) is 6. The highest BCUT2D eigenvalue weighted by Crippen LogP contribution is 2.20. The smallest absolute Gasteiger partial charge is 0.194 e. The fourth-order valence-corrected chi connectivity index (χ4v) is 4.10. The molecule has 164 valence electrons. The molecule has 9 heteroatoms. The van der Waals surface area contributed by atoms with Gasteiger partial charge in [0, 0.05) is 45.7 Å². The van der Waals surface area contributed by atoms with Crippen LogP contribution in [0.15, 0.2) is 29.3 Å². The number of guanidine groups is 1. The van der Waals surface area contributed by atoms with E-state index in [0.717, 1.165) is 63.3 Å². The summed E-state index contributed by atoms with van der Waals surface area (Å²) in [5.74, 6) is 2.78. The molecule has 0 amide bonds. The molecule has 0 aliphatic carbocycles. The summed E-state index contributed by atoms with van der Waals surface area (Å²) in [6.45, 7) is 7.56. The van der Waals surface area contributed by atoms with Gasteiger partial charge in [0.2, 0.25) is 0 Å². The molecule has 3 heterocycles. The molecular weight excluding hydrogens is 496 g/mol. The van der Waals surface area contributed by atoms with E-state index in [1.165, 1.54) is 25.3 Å². The number of benzene rings is 1. The molecular formula is C21H31FIN7. The topological polar surface area (TPSA) is 61.6 Å². The van der Waals surface area contributed by atoms with Gasteiger partial charge in [-0.25, -0.2) is 9.38 Å². The molecule has 1 saturated heterocycles. The van der Waals surface area contributed by atoms with Crippen molar-refractivity contribution in [1.82, 2.24) is 25.0 Å². The van der Waals surface area contributed by atoms with Crippen LogP contribution in [0.25, 0.3) is 0 Å². The second-order valence-corrected chi connectivity index (χ2v) is 7.59. The molecule has 4 rings (SSSR count). The number of para-hydroxylation sites is 1. The second kappa shape index (κ2) is 10.9. The van der Waals surface area contributed by atoms with Gasteiger partial charge in [0.25, 0.3) is 0 Å². The van der Waals surface area contributed by atoms with Crippen molar-refractivity contribution in [3.05, 3.63) is 41.7 Å². The first-order valence-corrected chi connectivity index (χ1v) is 10.7. The van der Waals surface area contributed by atoms with E-state index in [2.05, 4.69) is 36.8 Å². The number of rotatable bonds is 4. The second-order valence-electron chi connectivity index (χ2n) is 7.59. The standard InChI is InChI=1S/C21H30FN7.HI/c1-2-23-21(24-16-20-26-25-19-10-4-3-7-11-29(19)20)28-14-12-27(13-15-28)18-9-6-5-8-17(18)22;/h5-6,8-9H,2-4,7,10-16H2,1H3,(H,23,24);1H. The van der Waals surface area contributed by atoms with Crippen molar-refractivity contribution in [2.45, 2.75) is 45.7 Å². The van der Waals surface area contributed by atoms with Crippen LogP contribution in [0.3, 0.4) is 0 Å². The van der Waals surface area contributed by atoms with Crippen LogP contribution in [0.2, 0.25) is 0 Å². The third-order valence-electron chi connectivity index (χ3n) is 5.66. The average Bonchev–Trinajstić information content (AvgIpc) is 2.98. The summed E-state index contributed by atoms with van der Waals surface area (Å²) >= 11 is 0. The molecule has 2 aromatic rings. The minimum Gasteiger partial charge on any atom is -0.366 e. The number of hydrogen-bond acceptors (Lipinski definition) is 4. The normalized spacial score (nSPS) is 17.2. The minimum absolute atomic E-state index is 0. The van der Waals surface area contributed by atoms with E-state index >= 15 is 0 Å². The van der Waals surface area contributed by atoms with Crippen LogP contribution in [0.4, 0.5) is 10.1 Å². The zero-order valence-electron chi connectivity index (χ0n) is 17.6. The maximum absolute atomic E-state index is 14.1. The van der Waals surface area contributed by atoms with Gasteiger partial charge in [0.1, 0.15) is 18.2 Å². The number of nitrogens with one attached hydrogen (secondary N) is 1. The Hall–Kier alpha value is -1.91. The highest BCUT2D eigenvalue weighted by Gasteiger charge is 2.22. The van der Waals surface area contributed by atoms with Crippen LogP contribution in [-0.4, -0.2) is 58.3 Å². The number of aryl methyl sites for hydroxylation is 1. The summed E-state index contributed by atoms with van der Waals surface area (Å²) in [6.07, 6.45) is 4.63. The first-order valence-electron chi connectivity index (χ1n) is 10.7. The quantitative estimate of drug-likeness (QED) is 0.377. The number of halogens is 2. The lowest BCUT2D eigenvalue weighted by molar-refractivity contribution is 0.370. The van der Waals surface area contributed by atoms with Gasteiger partial charge in [0.15, 0.2) is 11.8 Å². The number of piperazine rings is 1. The molecule has 0 saturated carbocycles. The highest BCUT2D eigenvalue weighted by atomic mass is 127. The third-order valence-corrected chi connectivity index (χ3v) is 5.66. The number of anilines is 1. The summed E-state index contributed by atoms with van der Waals surface area (Å²) < 4.78 is 16.3. The Morgan fingerprint density at radius 2 is 1.87 bits per heavy atom. The predicted octanol–water partition coefficient (Wildman–Crippen LogP) is 3.05. The predicted molar refractivity (Wildman–Crippen MR) is 128 cm³/mol. The zero-order chi connectivity index (χ0) is 20.1. The molecule has 7 nitrogen and oxygen atoms in total. The summed E-state index contributed by atoms with van der Waals surface area (Å²) in [4.78, 5) is 9.20. The monoisotopic (exact) mass is 527 g/mol. The fraction of sp³-hybridized carbons (Fsp3) is 0.571. The third kappa shape index (κ3) is 5.22. The first kappa shape index (κ1) is 22.8. The molecule has 0 spiro atoms. The summed E-state index contributed by atoms with van der Waals surface area (Å²) in [5, 5.41) is 12.2. The maximum atomic E-state index is 14.1. The summed E-state index contributed by atoms with van der Waals surface area (Å²) in [7, 11) is 0. The van der Waals surface area contributed by atoms with E-state index in [4.69, 9.17) is 4.99 Å². The van der Waals surface area contributed by atoms with Crippen molar-refractivity contribution in [2.24, 2.45) is 4.99 Å². The van der Waals surface area contributed by atoms with Gasteiger partial charge in [0.05, 0.1) is 5.69 Å². The van der Waals surface area contributed by atoms with E-state index < -0.39 is 0 Å². The largest absolute Gasteiger partial charge is 0.366 e. The Balaban J connectivity index is 0.00000256. The van der Waals surface area contributed by atoms with Crippen LogP contribution in [0.1, 0.15) is 37.8 Å². The lowest BCUT2D eigenvalue weighted by Gasteiger charge is -2.37. The molecule has 1 aromatic carbocycles. The van der Waals surface area contributed by atoms with Crippen molar-refractivity contribution in [3.8, 4) is 0 Å². The lowest BCUT2D eigenvalue weighted by Crippen LogP contribution is -2.52. The van der Waals surface area contributed by atoms with Crippen molar-refractivity contribution in [1.29, 1.82) is 0 Å². The zero-order valence-corrected chi connectivity index (χ0v) is 19.9. The molecule has 0 radical (unpaired) electrons. The van der Waals surface area contributed by atoms with Gasteiger partial charge in [-0.2, -0.15) is 0 Å². The summed E-state index contributed by atoms with van der Waals surface area (Å²) in [6, 6.07) is 6.99. The molecule has 0 atom stereocenters. The van der Waals surface area contributed by atoms with E-state index in [0.29, 0.717) is 12.2 Å². The van der Waals surface area contributed by atoms with Crippen molar-refractivity contribution >= 4 is 35.6 Å². The molecule has 1 aromatic heterocycles. The van der Waals surface area contributed by atoms with Crippen LogP contribution >= 0.6 is 24.0 Å². The molecule has 0 bridgehead atoms. The van der Waals surface area contributed by atoms with Gasteiger partial charge in [-0.05, 0) is 31.9 Å². The van der Waals surface area contributed by atoms with Crippen LogP contribution in [0, 0.1) is 5.82 Å². The van der Waals surface area contributed by atoms with E-state index in [1.807, 2.05) is 12.1 Å². The molecule has 2 aliphatic rings. The highest BCUT2D eigenvalue weighted by molar-refractivity contribution is 14.0. The van der Waals surface area contributed by atoms with Crippen molar-refractivity contribution in [3.63, 3.8) is 0 Å². The molecule has 30 heavy (non-hydrogen) atoms. The first-order chi connectivity index (χ1) is 14.3. The van der Waals surface area contributed by atoms with Gasteiger partial charge in [-0.1, -0.05) is 18.6 Å². The van der Waals surface area contributed by atoms with Gasteiger partial charge in [-0.15, -0.1) is 34.2 Å². The molecule has 1 fully saturated rings. The summed E-state index contributed by atoms with van der Waals surface area (Å²) in [5.41, 5.74) is 0.681. The Bertz CT molecular complexity index is 846. The SMILES string of the molecule is CCNC(=NCc1nnc2n1CCCCC2)N1CCN(c2ccccc2F)CC1.I. The molecule has 2 aliphatic heterocycles.